The van der Waals surface area contributed by atoms with E-state index < -0.39 is 0 Å². The molecule has 1 rings (SSSR count). The molecule has 50 valence electrons. The quantitative estimate of drug-likeness (QED) is 0.485. The average Bonchev–Trinajstić information content (AvgIpc) is 1.88. The third-order valence-corrected chi connectivity index (χ3v) is 2.12. The van der Waals surface area contributed by atoms with Crippen molar-refractivity contribution < 1.29 is 0 Å². The molecule has 1 nitrogen and oxygen atoms in total. The van der Waals surface area contributed by atoms with E-state index in [0.29, 0.717) is 5.92 Å². The molecule has 1 aliphatic carbocycles. The van der Waals surface area contributed by atoms with Crippen molar-refractivity contribution in [3.63, 3.8) is 0 Å². The summed E-state index contributed by atoms with van der Waals surface area (Å²) >= 11 is 0. The van der Waals surface area contributed by atoms with Crippen LogP contribution < -0.4 is 0 Å². The van der Waals surface area contributed by atoms with E-state index in [0.717, 1.165) is 18.8 Å². The van der Waals surface area contributed by atoms with Gasteiger partial charge in [0.15, 0.2) is 0 Å². The molecule has 0 radical (unpaired) electrons. The third kappa shape index (κ3) is 1.71. The van der Waals surface area contributed by atoms with Crippen molar-refractivity contribution in [2.45, 2.75) is 32.6 Å². The first-order valence-corrected chi connectivity index (χ1v) is 3.72. The second-order valence-electron chi connectivity index (χ2n) is 3.10. The van der Waals surface area contributed by atoms with Gasteiger partial charge in [-0.1, -0.05) is 19.8 Å². The zero-order chi connectivity index (χ0) is 6.69. The Bertz CT molecular complexity index is 123. The van der Waals surface area contributed by atoms with Crippen LogP contribution in [0.4, 0.5) is 0 Å². The summed E-state index contributed by atoms with van der Waals surface area (Å²) in [5.74, 6) is 1.16. The zero-order valence-electron chi connectivity index (χ0n) is 5.93. The average molecular weight is 123 g/mol. The van der Waals surface area contributed by atoms with Crippen molar-refractivity contribution in [2.24, 2.45) is 11.8 Å². The summed E-state index contributed by atoms with van der Waals surface area (Å²) in [6, 6.07) is 2.33. The van der Waals surface area contributed by atoms with Crippen molar-refractivity contribution in [2.75, 3.05) is 0 Å². The predicted octanol–water partition coefficient (Wildman–Crippen LogP) is 2.34. The Morgan fingerprint density at radius 1 is 1.44 bits per heavy atom. The van der Waals surface area contributed by atoms with E-state index in [1.807, 2.05) is 0 Å². The summed E-state index contributed by atoms with van der Waals surface area (Å²) in [7, 11) is 0. The first kappa shape index (κ1) is 6.61. The molecule has 0 aromatic heterocycles. The smallest absolute Gasteiger partial charge is 0.0655 e. The van der Waals surface area contributed by atoms with Gasteiger partial charge in [0.1, 0.15) is 0 Å². The van der Waals surface area contributed by atoms with Gasteiger partial charge in [-0.3, -0.25) is 0 Å². The van der Waals surface area contributed by atoms with E-state index in [4.69, 9.17) is 5.26 Å². The van der Waals surface area contributed by atoms with Crippen LogP contribution >= 0.6 is 0 Å². The van der Waals surface area contributed by atoms with E-state index in [1.54, 1.807) is 0 Å². The fraction of sp³-hybridized carbons (Fsp3) is 0.875. The van der Waals surface area contributed by atoms with Gasteiger partial charge in [-0.15, -0.1) is 0 Å². The lowest BCUT2D eigenvalue weighted by Crippen LogP contribution is -2.10. The fourth-order valence-corrected chi connectivity index (χ4v) is 1.55. The minimum Gasteiger partial charge on any atom is -0.198 e. The van der Waals surface area contributed by atoms with E-state index in [2.05, 4.69) is 13.0 Å². The van der Waals surface area contributed by atoms with Gasteiger partial charge in [0.05, 0.1) is 6.07 Å². The van der Waals surface area contributed by atoms with E-state index in [9.17, 15) is 0 Å². The van der Waals surface area contributed by atoms with Crippen LogP contribution in [0.15, 0.2) is 0 Å². The SMILES string of the molecule is CC1CCCC(C#N)C1. The van der Waals surface area contributed by atoms with Crippen LogP contribution in [0.2, 0.25) is 0 Å². The van der Waals surface area contributed by atoms with Gasteiger partial charge in [-0.2, -0.15) is 5.26 Å². The highest BCUT2D eigenvalue weighted by Gasteiger charge is 2.17. The van der Waals surface area contributed by atoms with Crippen LogP contribution in [0, 0.1) is 23.2 Å². The predicted molar refractivity (Wildman–Crippen MR) is 36.7 cm³/mol. The van der Waals surface area contributed by atoms with E-state index in [1.165, 1.54) is 12.8 Å². The minimum atomic E-state index is 0.369. The van der Waals surface area contributed by atoms with Gasteiger partial charge in [-0.25, -0.2) is 0 Å². The van der Waals surface area contributed by atoms with Crippen molar-refractivity contribution >= 4 is 0 Å². The maximum atomic E-state index is 8.56. The first-order valence-electron chi connectivity index (χ1n) is 3.72. The van der Waals surface area contributed by atoms with E-state index in [-0.39, 0.29) is 0 Å². The fourth-order valence-electron chi connectivity index (χ4n) is 1.55. The number of hydrogen-bond donors (Lipinski definition) is 0. The van der Waals surface area contributed by atoms with Gasteiger partial charge in [0.2, 0.25) is 0 Å². The normalized spacial score (nSPS) is 35.6. The molecule has 1 fully saturated rings. The Kier molecular flexibility index (Phi) is 2.10. The van der Waals surface area contributed by atoms with Gasteiger partial charge in [0.25, 0.3) is 0 Å². The Labute approximate surface area is 56.7 Å². The van der Waals surface area contributed by atoms with Crippen molar-refractivity contribution in [1.82, 2.24) is 0 Å². The van der Waals surface area contributed by atoms with Gasteiger partial charge >= 0.3 is 0 Å². The van der Waals surface area contributed by atoms with Gasteiger partial charge in [-0.05, 0) is 18.8 Å². The van der Waals surface area contributed by atoms with Crippen molar-refractivity contribution in [3.05, 3.63) is 0 Å². The minimum absolute atomic E-state index is 0.369. The summed E-state index contributed by atoms with van der Waals surface area (Å²) < 4.78 is 0. The molecule has 0 spiro atoms. The monoisotopic (exact) mass is 123 g/mol. The van der Waals surface area contributed by atoms with Crippen LogP contribution in [0.5, 0.6) is 0 Å². The molecule has 1 aliphatic rings. The van der Waals surface area contributed by atoms with Crippen molar-refractivity contribution in [1.29, 1.82) is 5.26 Å². The van der Waals surface area contributed by atoms with Crippen LogP contribution in [0.3, 0.4) is 0 Å². The summed E-state index contributed by atoms with van der Waals surface area (Å²) in [4.78, 5) is 0. The molecular weight excluding hydrogens is 110 g/mol. The Morgan fingerprint density at radius 3 is 2.67 bits per heavy atom. The summed E-state index contributed by atoms with van der Waals surface area (Å²) in [5, 5.41) is 8.56. The van der Waals surface area contributed by atoms with Crippen LogP contribution in [0.25, 0.3) is 0 Å². The number of rotatable bonds is 0. The standard InChI is InChI=1S/C8H13N/c1-7-3-2-4-8(5-7)6-9/h7-8H,2-5H2,1H3. The molecule has 2 unspecified atom stereocenters. The molecule has 0 aromatic carbocycles. The Balaban J connectivity index is 2.34. The second-order valence-corrected chi connectivity index (χ2v) is 3.10. The maximum absolute atomic E-state index is 8.56. The van der Waals surface area contributed by atoms with Crippen LogP contribution in [0.1, 0.15) is 32.6 Å². The van der Waals surface area contributed by atoms with E-state index >= 15 is 0 Å². The molecule has 0 saturated heterocycles. The molecule has 0 heterocycles. The first-order chi connectivity index (χ1) is 4.33. The summed E-state index contributed by atoms with van der Waals surface area (Å²) in [6.45, 7) is 2.24. The number of nitriles is 1. The van der Waals surface area contributed by atoms with Gasteiger partial charge in [0, 0.05) is 5.92 Å². The number of nitrogens with zero attached hydrogens (tertiary/aromatic N) is 1. The van der Waals surface area contributed by atoms with Crippen LogP contribution in [-0.4, -0.2) is 0 Å². The van der Waals surface area contributed by atoms with Gasteiger partial charge < -0.3 is 0 Å². The molecule has 0 N–H and O–H groups in total. The highest BCUT2D eigenvalue weighted by Crippen LogP contribution is 2.27. The van der Waals surface area contributed by atoms with Crippen molar-refractivity contribution in [3.8, 4) is 6.07 Å². The molecule has 9 heavy (non-hydrogen) atoms. The highest BCUT2D eigenvalue weighted by atomic mass is 14.3. The molecule has 0 amide bonds. The summed E-state index contributed by atoms with van der Waals surface area (Å²) in [6.07, 6.45) is 4.87. The lowest BCUT2D eigenvalue weighted by atomic mass is 9.83. The molecule has 0 aromatic rings. The lowest BCUT2D eigenvalue weighted by molar-refractivity contribution is 0.331. The maximum Gasteiger partial charge on any atom is 0.0655 e. The zero-order valence-corrected chi connectivity index (χ0v) is 5.93. The lowest BCUT2D eigenvalue weighted by Gasteiger charge is -2.20. The molecule has 1 heteroatoms. The summed E-state index contributed by atoms with van der Waals surface area (Å²) in [5.41, 5.74) is 0. The highest BCUT2D eigenvalue weighted by molar-refractivity contribution is 4.86. The largest absolute Gasteiger partial charge is 0.198 e. The van der Waals surface area contributed by atoms with Crippen LogP contribution in [-0.2, 0) is 0 Å². The second kappa shape index (κ2) is 2.87. The molecule has 2 atom stereocenters. The molecule has 0 aliphatic heterocycles. The number of hydrogen-bond acceptors (Lipinski definition) is 1. The molecular formula is C8H13N. The molecule has 1 saturated carbocycles. The topological polar surface area (TPSA) is 23.8 Å². The Morgan fingerprint density at radius 2 is 2.22 bits per heavy atom. The Hall–Kier alpha value is -0.510. The molecule has 0 bridgehead atoms. The third-order valence-electron chi connectivity index (χ3n) is 2.12.